The Morgan fingerprint density at radius 1 is 0.703 bits per heavy atom. The van der Waals surface area contributed by atoms with E-state index < -0.39 is 8.07 Å². The fourth-order valence-corrected chi connectivity index (χ4v) is 5.66. The molecule has 2 aromatic carbocycles. The molecule has 5 rings (SSSR count). The van der Waals surface area contributed by atoms with E-state index in [1.54, 1.807) is 6.20 Å². The maximum Gasteiger partial charge on any atom is 0.0798 e. The van der Waals surface area contributed by atoms with Gasteiger partial charge in [0, 0.05) is 32.5 Å². The molecule has 0 saturated heterocycles. The van der Waals surface area contributed by atoms with E-state index in [4.69, 9.17) is 0 Å². The van der Waals surface area contributed by atoms with Gasteiger partial charge in [-0.1, -0.05) is 74.6 Å². The predicted octanol–water partition coefficient (Wildman–Crippen LogP) is 7.26. The molecule has 0 saturated carbocycles. The smallest absolute Gasteiger partial charge is 0.0798 e. The van der Waals surface area contributed by atoms with Crippen LogP contribution in [-0.4, -0.2) is 23.0 Å². The van der Waals surface area contributed by atoms with Crippen LogP contribution in [0.3, 0.4) is 0 Å². The van der Waals surface area contributed by atoms with Gasteiger partial charge in [0.1, 0.15) is 0 Å². The summed E-state index contributed by atoms with van der Waals surface area (Å²) < 4.78 is 0. The first-order chi connectivity index (χ1) is 17.5. The molecule has 5 heteroatoms. The second-order valence-electron chi connectivity index (χ2n) is 9.53. The molecule has 3 aromatic heterocycles. The number of nitrogens with zero attached hydrogens (tertiary/aromatic N) is 3. The van der Waals surface area contributed by atoms with E-state index in [0.29, 0.717) is 0 Å². The average Bonchev–Trinajstić information content (AvgIpc) is 2.94. The number of hydrogen-bond donors (Lipinski definition) is 0. The second-order valence-corrected chi connectivity index (χ2v) is 14.6. The van der Waals surface area contributed by atoms with E-state index in [9.17, 15) is 0 Å². The van der Waals surface area contributed by atoms with E-state index in [1.807, 2.05) is 73.1 Å². The summed E-state index contributed by atoms with van der Waals surface area (Å²) in [4.78, 5) is 13.3. The molecule has 0 aliphatic carbocycles. The molecule has 0 spiro atoms. The molecule has 1 radical (unpaired) electrons. The summed E-state index contributed by atoms with van der Waals surface area (Å²) in [6.07, 6.45) is 6.72. The Morgan fingerprint density at radius 3 is 2.11 bits per heavy atom. The van der Waals surface area contributed by atoms with Gasteiger partial charge in [-0.15, -0.1) is 42.0 Å². The summed E-state index contributed by atoms with van der Waals surface area (Å²) in [6, 6.07) is 34.6. The van der Waals surface area contributed by atoms with Gasteiger partial charge in [-0.05, 0) is 52.1 Å². The SMILES string of the molecule is CCc1cc(-c2[c-]cccn2)ncc1[Si](C)(C)C.[Ir].[c-]1ccccc1-c1cc(-c2ccccc2)ccn1. The van der Waals surface area contributed by atoms with Crippen molar-refractivity contribution in [3.05, 3.63) is 121 Å². The van der Waals surface area contributed by atoms with Crippen molar-refractivity contribution in [3.8, 4) is 33.8 Å². The molecular weight excluding hydrogens is 647 g/mol. The number of benzene rings is 2. The van der Waals surface area contributed by atoms with Gasteiger partial charge in [-0.3, -0.25) is 4.98 Å². The largest absolute Gasteiger partial charge is 0.318 e. The van der Waals surface area contributed by atoms with Crippen molar-refractivity contribution in [1.29, 1.82) is 0 Å². The molecule has 0 fully saturated rings. The van der Waals surface area contributed by atoms with Crippen LogP contribution in [0.4, 0.5) is 0 Å². The zero-order valence-corrected chi connectivity index (χ0v) is 25.1. The first-order valence-electron chi connectivity index (χ1n) is 12.3. The number of rotatable bonds is 5. The third-order valence-corrected chi connectivity index (χ3v) is 7.95. The standard InChI is InChI=1S/C17H12N.C15H19N2Si.Ir/c1-3-7-14(8-4-1)16-11-12-18-17(13-16)15-9-5-2-6-10-15;1-5-12-10-14(13-8-6-7-9-16-13)17-11-15(12)18(2,3)4;/h1-9,11-13H;6-7,9-11H,5H2,1-4H3;/q2*-1;. The molecule has 0 aliphatic rings. The van der Waals surface area contributed by atoms with Gasteiger partial charge < -0.3 is 9.97 Å². The summed E-state index contributed by atoms with van der Waals surface area (Å²) in [7, 11) is -1.32. The Labute approximate surface area is 235 Å². The molecule has 0 N–H and O–H groups in total. The van der Waals surface area contributed by atoms with Crippen LogP contribution in [0.2, 0.25) is 19.6 Å². The van der Waals surface area contributed by atoms with Crippen LogP contribution in [0, 0.1) is 12.1 Å². The summed E-state index contributed by atoms with van der Waals surface area (Å²) in [5.41, 5.74) is 7.52. The first-order valence-corrected chi connectivity index (χ1v) is 15.8. The molecule has 37 heavy (non-hydrogen) atoms. The second kappa shape index (κ2) is 13.3. The van der Waals surface area contributed by atoms with E-state index in [2.05, 4.69) is 77.9 Å². The zero-order valence-electron chi connectivity index (χ0n) is 21.7. The van der Waals surface area contributed by atoms with Crippen LogP contribution in [0.25, 0.3) is 33.8 Å². The average molecular weight is 678 g/mol. The number of aromatic nitrogens is 3. The molecule has 189 valence electrons. The number of hydrogen-bond acceptors (Lipinski definition) is 3. The van der Waals surface area contributed by atoms with Crippen LogP contribution in [0.15, 0.2) is 104 Å². The van der Waals surface area contributed by atoms with Crippen LogP contribution in [0.1, 0.15) is 12.5 Å². The van der Waals surface area contributed by atoms with E-state index in [0.717, 1.165) is 29.1 Å². The van der Waals surface area contributed by atoms with Gasteiger partial charge in [-0.25, -0.2) is 0 Å². The van der Waals surface area contributed by atoms with E-state index in [1.165, 1.54) is 21.9 Å². The summed E-state index contributed by atoms with van der Waals surface area (Å²) >= 11 is 0. The van der Waals surface area contributed by atoms with Crippen LogP contribution in [0.5, 0.6) is 0 Å². The maximum atomic E-state index is 4.56. The molecule has 3 nitrogen and oxygen atoms in total. The van der Waals surface area contributed by atoms with E-state index >= 15 is 0 Å². The van der Waals surface area contributed by atoms with Crippen LogP contribution < -0.4 is 5.19 Å². The van der Waals surface area contributed by atoms with E-state index in [-0.39, 0.29) is 20.1 Å². The molecule has 0 bridgehead atoms. The minimum atomic E-state index is -1.32. The normalized spacial score (nSPS) is 10.6. The van der Waals surface area contributed by atoms with Gasteiger partial charge in [-0.2, -0.15) is 12.1 Å². The van der Waals surface area contributed by atoms with Gasteiger partial charge in [0.15, 0.2) is 0 Å². The van der Waals surface area contributed by atoms with Gasteiger partial charge in [0.2, 0.25) is 0 Å². The Hall–Kier alpha value is -3.24. The van der Waals surface area contributed by atoms with Gasteiger partial charge in [0.25, 0.3) is 0 Å². The van der Waals surface area contributed by atoms with Gasteiger partial charge in [0.05, 0.1) is 8.07 Å². The molecule has 5 aromatic rings. The van der Waals surface area contributed by atoms with Crippen LogP contribution >= 0.6 is 0 Å². The minimum Gasteiger partial charge on any atom is -0.318 e. The third-order valence-electron chi connectivity index (χ3n) is 5.88. The van der Waals surface area contributed by atoms with Crippen LogP contribution in [-0.2, 0) is 26.5 Å². The van der Waals surface area contributed by atoms with Crippen molar-refractivity contribution in [1.82, 2.24) is 15.0 Å². The Morgan fingerprint density at radius 2 is 1.46 bits per heavy atom. The number of pyridine rings is 3. The first kappa shape index (κ1) is 28.3. The fraction of sp³-hybridized carbons (Fsp3) is 0.156. The molecule has 3 heterocycles. The zero-order chi connectivity index (χ0) is 25.4. The quantitative estimate of drug-likeness (QED) is 0.145. The van der Waals surface area contributed by atoms with Crippen molar-refractivity contribution in [3.63, 3.8) is 0 Å². The minimum absolute atomic E-state index is 0. The third kappa shape index (κ3) is 7.62. The fourth-order valence-electron chi connectivity index (χ4n) is 4.00. The summed E-state index contributed by atoms with van der Waals surface area (Å²) in [6.45, 7) is 9.27. The molecule has 0 unspecified atom stereocenters. The van der Waals surface area contributed by atoms with Crippen molar-refractivity contribution in [2.24, 2.45) is 0 Å². The van der Waals surface area contributed by atoms with Crippen molar-refractivity contribution >= 4 is 13.3 Å². The Balaban J connectivity index is 0.000000200. The topological polar surface area (TPSA) is 38.7 Å². The summed E-state index contributed by atoms with van der Waals surface area (Å²) in [5.74, 6) is 0. The summed E-state index contributed by atoms with van der Waals surface area (Å²) in [5, 5.41) is 1.45. The molecule has 0 amide bonds. The predicted molar refractivity (Wildman–Crippen MR) is 153 cm³/mol. The number of aryl methyl sites for hydroxylation is 1. The van der Waals surface area contributed by atoms with Gasteiger partial charge >= 0.3 is 0 Å². The van der Waals surface area contributed by atoms with Crippen molar-refractivity contribution in [2.75, 3.05) is 0 Å². The maximum absolute atomic E-state index is 4.56. The molecule has 0 atom stereocenters. The van der Waals surface area contributed by atoms with Crippen molar-refractivity contribution in [2.45, 2.75) is 33.0 Å². The Kier molecular flexibility index (Phi) is 10.2. The molecule has 0 aliphatic heterocycles. The molecular formula is C32H31IrN3Si-2. The van der Waals surface area contributed by atoms with Crippen molar-refractivity contribution < 1.29 is 20.1 Å². The monoisotopic (exact) mass is 678 g/mol. The Bertz CT molecular complexity index is 1330.